The summed E-state index contributed by atoms with van der Waals surface area (Å²) in [6, 6.07) is 0.727. The lowest BCUT2D eigenvalue weighted by atomic mass is 9.84. The van der Waals surface area contributed by atoms with Crippen molar-refractivity contribution in [3.63, 3.8) is 0 Å². The van der Waals surface area contributed by atoms with Crippen LogP contribution < -0.4 is 5.32 Å². The minimum Gasteiger partial charge on any atom is -0.314 e. The lowest BCUT2D eigenvalue weighted by Gasteiger charge is -2.27. The zero-order valence-electron chi connectivity index (χ0n) is 11.2. The molecule has 0 aliphatic heterocycles. The fourth-order valence-electron chi connectivity index (χ4n) is 2.84. The third-order valence-corrected chi connectivity index (χ3v) is 3.75. The molecule has 0 spiro atoms. The minimum atomic E-state index is 0.727. The highest BCUT2D eigenvalue weighted by molar-refractivity contribution is 4.89. The van der Waals surface area contributed by atoms with Gasteiger partial charge in [0, 0.05) is 6.04 Å². The first-order chi connectivity index (χ1) is 7.72. The molecule has 0 aromatic rings. The maximum absolute atomic E-state index is 4.01. The van der Waals surface area contributed by atoms with Crippen LogP contribution in [-0.2, 0) is 0 Å². The molecule has 0 bridgehead atoms. The van der Waals surface area contributed by atoms with E-state index in [1.807, 2.05) is 0 Å². The van der Waals surface area contributed by atoms with Crippen LogP contribution in [0.4, 0.5) is 0 Å². The topological polar surface area (TPSA) is 12.0 Å². The molecule has 0 aromatic heterocycles. The second-order valence-corrected chi connectivity index (χ2v) is 5.49. The summed E-state index contributed by atoms with van der Waals surface area (Å²) in [5.41, 5.74) is 1.33. The van der Waals surface area contributed by atoms with E-state index in [9.17, 15) is 0 Å². The number of rotatable bonds is 7. The summed E-state index contributed by atoms with van der Waals surface area (Å²) in [5, 5.41) is 3.64. The Morgan fingerprint density at radius 3 is 2.56 bits per heavy atom. The van der Waals surface area contributed by atoms with Crippen LogP contribution in [0.15, 0.2) is 12.2 Å². The number of hydrogen-bond acceptors (Lipinski definition) is 1. The molecule has 16 heavy (non-hydrogen) atoms. The predicted octanol–water partition coefficient (Wildman–Crippen LogP) is 4.29. The molecular formula is C15H29N. The lowest BCUT2D eigenvalue weighted by Crippen LogP contribution is -2.31. The molecule has 1 unspecified atom stereocenters. The van der Waals surface area contributed by atoms with Crippen molar-refractivity contribution in [2.45, 2.75) is 71.3 Å². The molecular weight excluding hydrogens is 194 g/mol. The monoisotopic (exact) mass is 223 g/mol. The van der Waals surface area contributed by atoms with Crippen molar-refractivity contribution in [2.75, 3.05) is 6.54 Å². The van der Waals surface area contributed by atoms with Gasteiger partial charge in [0.25, 0.3) is 0 Å². The fraction of sp³-hybridized carbons (Fsp3) is 0.867. The van der Waals surface area contributed by atoms with E-state index in [-0.39, 0.29) is 0 Å². The Labute approximate surface area is 102 Å². The van der Waals surface area contributed by atoms with Crippen molar-refractivity contribution in [1.29, 1.82) is 0 Å². The highest BCUT2D eigenvalue weighted by Crippen LogP contribution is 2.28. The van der Waals surface area contributed by atoms with Gasteiger partial charge in [-0.15, -0.1) is 6.58 Å². The van der Waals surface area contributed by atoms with Crippen LogP contribution in [0, 0.1) is 5.92 Å². The van der Waals surface area contributed by atoms with Crippen LogP contribution >= 0.6 is 0 Å². The molecule has 0 heterocycles. The zero-order chi connectivity index (χ0) is 11.8. The van der Waals surface area contributed by atoms with Crippen molar-refractivity contribution in [3.05, 3.63) is 12.2 Å². The third-order valence-electron chi connectivity index (χ3n) is 3.75. The van der Waals surface area contributed by atoms with Gasteiger partial charge >= 0.3 is 0 Å². The number of hydrogen-bond donors (Lipinski definition) is 1. The lowest BCUT2D eigenvalue weighted by molar-refractivity contribution is 0.292. The normalized spacial score (nSPS) is 19.6. The molecule has 0 saturated heterocycles. The summed E-state index contributed by atoms with van der Waals surface area (Å²) in [6.45, 7) is 9.47. The van der Waals surface area contributed by atoms with Gasteiger partial charge in [-0.3, -0.25) is 0 Å². The molecule has 1 nitrogen and oxygen atoms in total. The molecule has 1 rings (SSSR count). The maximum atomic E-state index is 4.01. The van der Waals surface area contributed by atoms with Crippen molar-refractivity contribution >= 4 is 0 Å². The van der Waals surface area contributed by atoms with Crippen LogP contribution in [0.2, 0.25) is 0 Å². The highest BCUT2D eigenvalue weighted by atomic mass is 14.9. The van der Waals surface area contributed by atoms with E-state index in [1.165, 1.54) is 56.9 Å². The summed E-state index contributed by atoms with van der Waals surface area (Å²) in [5.74, 6) is 0.989. The molecule has 0 aromatic carbocycles. The third kappa shape index (κ3) is 5.69. The molecule has 1 atom stereocenters. The molecule has 1 saturated carbocycles. The zero-order valence-corrected chi connectivity index (χ0v) is 11.2. The molecule has 1 aliphatic carbocycles. The summed E-state index contributed by atoms with van der Waals surface area (Å²) >= 11 is 0. The Hall–Kier alpha value is -0.300. The predicted molar refractivity (Wildman–Crippen MR) is 72.7 cm³/mol. The number of nitrogens with one attached hydrogen (secondary N) is 1. The van der Waals surface area contributed by atoms with Crippen molar-refractivity contribution in [3.8, 4) is 0 Å². The quantitative estimate of drug-likeness (QED) is 0.635. The van der Waals surface area contributed by atoms with E-state index in [4.69, 9.17) is 0 Å². The standard InChI is InChI=1S/C15H29N/c1-4-16-15(11-10-13(2)3)12-14-8-6-5-7-9-14/h14-16H,2,4-12H2,1,3H3. The molecule has 1 N–H and O–H groups in total. The summed E-state index contributed by atoms with van der Waals surface area (Å²) in [6.07, 6.45) is 11.2. The number of allylic oxidation sites excluding steroid dienone is 1. The maximum Gasteiger partial charge on any atom is 0.00726 e. The van der Waals surface area contributed by atoms with Crippen LogP contribution in [0.5, 0.6) is 0 Å². The SMILES string of the molecule is C=C(C)CCC(CC1CCCCC1)NCC. The molecule has 94 valence electrons. The van der Waals surface area contributed by atoms with Gasteiger partial charge in [0.2, 0.25) is 0 Å². The van der Waals surface area contributed by atoms with Gasteiger partial charge in [0.15, 0.2) is 0 Å². The van der Waals surface area contributed by atoms with Crippen LogP contribution in [0.25, 0.3) is 0 Å². The Balaban J connectivity index is 2.27. The molecule has 1 fully saturated rings. The Morgan fingerprint density at radius 2 is 2.00 bits per heavy atom. The van der Waals surface area contributed by atoms with E-state index < -0.39 is 0 Å². The second kappa shape index (κ2) is 7.89. The van der Waals surface area contributed by atoms with Crippen molar-refractivity contribution in [1.82, 2.24) is 5.32 Å². The van der Waals surface area contributed by atoms with E-state index in [0.717, 1.165) is 18.5 Å². The minimum absolute atomic E-state index is 0.727. The van der Waals surface area contributed by atoms with Gasteiger partial charge < -0.3 is 5.32 Å². The van der Waals surface area contributed by atoms with E-state index in [2.05, 4.69) is 25.7 Å². The largest absolute Gasteiger partial charge is 0.314 e. The fourth-order valence-corrected chi connectivity index (χ4v) is 2.84. The van der Waals surface area contributed by atoms with Crippen molar-refractivity contribution in [2.24, 2.45) is 5.92 Å². The molecule has 1 aliphatic rings. The van der Waals surface area contributed by atoms with E-state index >= 15 is 0 Å². The van der Waals surface area contributed by atoms with Crippen molar-refractivity contribution < 1.29 is 0 Å². The van der Waals surface area contributed by atoms with Gasteiger partial charge in [0.1, 0.15) is 0 Å². The Bertz CT molecular complexity index is 192. The Morgan fingerprint density at radius 1 is 1.31 bits per heavy atom. The molecule has 0 radical (unpaired) electrons. The summed E-state index contributed by atoms with van der Waals surface area (Å²) in [4.78, 5) is 0. The van der Waals surface area contributed by atoms with Gasteiger partial charge in [-0.1, -0.05) is 44.6 Å². The summed E-state index contributed by atoms with van der Waals surface area (Å²) < 4.78 is 0. The van der Waals surface area contributed by atoms with Gasteiger partial charge in [-0.2, -0.15) is 0 Å². The first-order valence-corrected chi connectivity index (χ1v) is 7.10. The smallest absolute Gasteiger partial charge is 0.00726 e. The summed E-state index contributed by atoms with van der Waals surface area (Å²) in [7, 11) is 0. The first kappa shape index (κ1) is 13.8. The molecule has 0 amide bonds. The van der Waals surface area contributed by atoms with Crippen LogP contribution in [-0.4, -0.2) is 12.6 Å². The van der Waals surface area contributed by atoms with Gasteiger partial charge in [-0.05, 0) is 38.6 Å². The second-order valence-electron chi connectivity index (χ2n) is 5.49. The first-order valence-electron chi connectivity index (χ1n) is 7.10. The van der Waals surface area contributed by atoms with Crippen LogP contribution in [0.1, 0.15) is 65.2 Å². The molecule has 1 heteroatoms. The van der Waals surface area contributed by atoms with E-state index in [1.54, 1.807) is 0 Å². The average molecular weight is 223 g/mol. The highest BCUT2D eigenvalue weighted by Gasteiger charge is 2.18. The van der Waals surface area contributed by atoms with Gasteiger partial charge in [0.05, 0.1) is 0 Å². The Kier molecular flexibility index (Phi) is 6.79. The average Bonchev–Trinajstić information content (AvgIpc) is 2.27. The van der Waals surface area contributed by atoms with Gasteiger partial charge in [-0.25, -0.2) is 0 Å². The van der Waals surface area contributed by atoms with E-state index in [0.29, 0.717) is 0 Å². The van der Waals surface area contributed by atoms with Crippen LogP contribution in [0.3, 0.4) is 0 Å².